The fourth-order valence-electron chi connectivity index (χ4n) is 2.85. The summed E-state index contributed by atoms with van der Waals surface area (Å²) in [5, 5.41) is 6.87. The van der Waals surface area contributed by atoms with Gasteiger partial charge in [0.25, 0.3) is 11.8 Å². The second-order valence-corrected chi connectivity index (χ2v) is 6.86. The van der Waals surface area contributed by atoms with Crippen LogP contribution in [0.2, 0.25) is 0 Å². The van der Waals surface area contributed by atoms with Gasteiger partial charge in [0, 0.05) is 17.7 Å². The first-order valence-corrected chi connectivity index (χ1v) is 9.62. The zero-order valence-electron chi connectivity index (χ0n) is 16.5. The van der Waals surface area contributed by atoms with Crippen LogP contribution in [0.4, 0.5) is 0 Å². The lowest BCUT2D eigenvalue weighted by Gasteiger charge is -2.08. The van der Waals surface area contributed by atoms with Gasteiger partial charge < -0.3 is 14.6 Å². The lowest BCUT2D eigenvalue weighted by Crippen LogP contribution is -2.28. The molecule has 1 heterocycles. The van der Waals surface area contributed by atoms with Crippen LogP contribution in [0.5, 0.6) is 5.75 Å². The van der Waals surface area contributed by atoms with E-state index in [2.05, 4.69) is 15.5 Å². The number of ether oxygens (including phenoxy) is 1. The van der Waals surface area contributed by atoms with Crippen LogP contribution >= 0.6 is 0 Å². The molecule has 6 nitrogen and oxygen atoms in total. The van der Waals surface area contributed by atoms with Gasteiger partial charge in [-0.15, -0.1) is 0 Å². The van der Waals surface area contributed by atoms with E-state index in [1.165, 1.54) is 5.56 Å². The largest absolute Gasteiger partial charge is 0.484 e. The van der Waals surface area contributed by atoms with E-state index in [1.807, 2.05) is 73.7 Å². The van der Waals surface area contributed by atoms with Gasteiger partial charge in [-0.1, -0.05) is 65.3 Å². The summed E-state index contributed by atoms with van der Waals surface area (Å²) in [6.45, 7) is 2.45. The zero-order chi connectivity index (χ0) is 20.8. The second kappa shape index (κ2) is 9.05. The summed E-state index contributed by atoms with van der Waals surface area (Å²) >= 11 is 0. The Morgan fingerprint density at radius 2 is 1.67 bits per heavy atom. The standard InChI is InChI=1S/C24H21N3O3/c1-17-7-9-18(10-8-17)15-25-22(28)16-29-21-13-11-20(12-14-21)24-26-23(27-30-24)19-5-3-2-4-6-19/h2-14H,15-16H2,1H3,(H,25,28). The number of nitrogens with zero attached hydrogens (tertiary/aromatic N) is 2. The van der Waals surface area contributed by atoms with Crippen molar-refractivity contribution in [1.29, 1.82) is 0 Å². The van der Waals surface area contributed by atoms with Crippen molar-refractivity contribution in [2.45, 2.75) is 13.5 Å². The van der Waals surface area contributed by atoms with Crippen molar-refractivity contribution in [2.75, 3.05) is 6.61 Å². The van der Waals surface area contributed by atoms with Crippen LogP contribution in [0.25, 0.3) is 22.8 Å². The van der Waals surface area contributed by atoms with Crippen LogP contribution in [0, 0.1) is 6.92 Å². The van der Waals surface area contributed by atoms with E-state index in [4.69, 9.17) is 9.26 Å². The molecular weight excluding hydrogens is 378 g/mol. The molecule has 1 amide bonds. The zero-order valence-corrected chi connectivity index (χ0v) is 16.5. The van der Waals surface area contributed by atoms with Crippen LogP contribution in [-0.2, 0) is 11.3 Å². The minimum absolute atomic E-state index is 0.0517. The Kier molecular flexibility index (Phi) is 5.85. The van der Waals surface area contributed by atoms with Gasteiger partial charge in [-0.3, -0.25) is 4.79 Å². The molecule has 0 aliphatic heterocycles. The van der Waals surface area contributed by atoms with E-state index >= 15 is 0 Å². The van der Waals surface area contributed by atoms with Gasteiger partial charge in [-0.25, -0.2) is 0 Å². The van der Waals surface area contributed by atoms with Crippen LogP contribution in [0.3, 0.4) is 0 Å². The molecule has 150 valence electrons. The monoisotopic (exact) mass is 399 g/mol. The Balaban J connectivity index is 1.30. The Bertz CT molecular complexity index is 1100. The summed E-state index contributed by atoms with van der Waals surface area (Å²) in [5.74, 6) is 1.38. The minimum atomic E-state index is -0.177. The highest BCUT2D eigenvalue weighted by atomic mass is 16.5. The summed E-state index contributed by atoms with van der Waals surface area (Å²) in [6.07, 6.45) is 0. The van der Waals surface area contributed by atoms with Crippen LogP contribution in [0.1, 0.15) is 11.1 Å². The number of carbonyl (C=O) groups is 1. The quantitative estimate of drug-likeness (QED) is 0.498. The molecule has 30 heavy (non-hydrogen) atoms. The molecule has 0 aliphatic carbocycles. The number of benzene rings is 3. The SMILES string of the molecule is Cc1ccc(CNC(=O)COc2ccc(-c3nc(-c4ccccc4)no3)cc2)cc1. The number of aryl methyl sites for hydroxylation is 1. The Labute approximate surface area is 174 Å². The molecule has 0 atom stereocenters. The van der Waals surface area contributed by atoms with E-state index in [1.54, 1.807) is 12.1 Å². The lowest BCUT2D eigenvalue weighted by atomic mass is 10.1. The minimum Gasteiger partial charge on any atom is -0.484 e. The van der Waals surface area contributed by atoms with Gasteiger partial charge in [0.05, 0.1) is 0 Å². The molecular formula is C24H21N3O3. The first kappa shape index (κ1) is 19.4. The Morgan fingerprint density at radius 1 is 0.933 bits per heavy atom. The average Bonchev–Trinajstić information content (AvgIpc) is 3.29. The van der Waals surface area contributed by atoms with E-state index in [9.17, 15) is 4.79 Å². The van der Waals surface area contributed by atoms with E-state index in [0.29, 0.717) is 24.0 Å². The van der Waals surface area contributed by atoms with Crippen LogP contribution in [-0.4, -0.2) is 22.7 Å². The number of aromatic nitrogens is 2. The van der Waals surface area contributed by atoms with Crippen molar-refractivity contribution in [3.8, 4) is 28.6 Å². The average molecular weight is 399 g/mol. The second-order valence-electron chi connectivity index (χ2n) is 6.86. The molecule has 1 aromatic heterocycles. The first-order chi connectivity index (χ1) is 14.7. The number of hydrogen-bond donors (Lipinski definition) is 1. The number of carbonyl (C=O) groups excluding carboxylic acids is 1. The van der Waals surface area contributed by atoms with Crippen molar-refractivity contribution in [2.24, 2.45) is 0 Å². The third-order valence-electron chi connectivity index (χ3n) is 4.54. The number of amides is 1. The molecule has 0 radical (unpaired) electrons. The predicted molar refractivity (Wildman–Crippen MR) is 114 cm³/mol. The van der Waals surface area contributed by atoms with Gasteiger partial charge in [0.2, 0.25) is 5.82 Å². The van der Waals surface area contributed by atoms with Gasteiger partial charge in [0.1, 0.15) is 5.75 Å². The fourth-order valence-corrected chi connectivity index (χ4v) is 2.85. The highest BCUT2D eigenvalue weighted by molar-refractivity contribution is 5.77. The van der Waals surface area contributed by atoms with Crippen molar-refractivity contribution in [1.82, 2.24) is 15.5 Å². The third-order valence-corrected chi connectivity index (χ3v) is 4.54. The molecule has 0 saturated carbocycles. The molecule has 0 saturated heterocycles. The number of hydrogen-bond acceptors (Lipinski definition) is 5. The summed E-state index contributed by atoms with van der Waals surface area (Å²) < 4.78 is 10.9. The maximum absolute atomic E-state index is 12.0. The molecule has 0 spiro atoms. The number of rotatable bonds is 7. The molecule has 0 bridgehead atoms. The molecule has 6 heteroatoms. The van der Waals surface area contributed by atoms with Crippen LogP contribution < -0.4 is 10.1 Å². The highest BCUT2D eigenvalue weighted by Crippen LogP contribution is 2.24. The Morgan fingerprint density at radius 3 is 2.40 bits per heavy atom. The maximum Gasteiger partial charge on any atom is 0.258 e. The van der Waals surface area contributed by atoms with Crippen molar-refractivity contribution >= 4 is 5.91 Å². The number of nitrogens with one attached hydrogen (secondary N) is 1. The molecule has 0 aliphatic rings. The highest BCUT2D eigenvalue weighted by Gasteiger charge is 2.11. The normalized spacial score (nSPS) is 10.6. The summed E-state index contributed by atoms with van der Waals surface area (Å²) in [6, 6.07) is 24.9. The van der Waals surface area contributed by atoms with Crippen molar-refractivity contribution in [3.05, 3.63) is 90.0 Å². The molecule has 0 unspecified atom stereocenters. The van der Waals surface area contributed by atoms with E-state index in [-0.39, 0.29) is 12.5 Å². The molecule has 3 aromatic carbocycles. The van der Waals surface area contributed by atoms with Gasteiger partial charge in [0.15, 0.2) is 6.61 Å². The maximum atomic E-state index is 12.0. The summed E-state index contributed by atoms with van der Waals surface area (Å²) in [5.41, 5.74) is 3.91. The predicted octanol–water partition coefficient (Wildman–Crippen LogP) is 4.41. The van der Waals surface area contributed by atoms with E-state index in [0.717, 1.165) is 16.7 Å². The molecule has 0 fully saturated rings. The van der Waals surface area contributed by atoms with Gasteiger partial charge in [-0.2, -0.15) is 4.98 Å². The van der Waals surface area contributed by atoms with Gasteiger partial charge in [-0.05, 0) is 36.8 Å². The first-order valence-electron chi connectivity index (χ1n) is 9.62. The van der Waals surface area contributed by atoms with Crippen LogP contribution in [0.15, 0.2) is 83.4 Å². The summed E-state index contributed by atoms with van der Waals surface area (Å²) in [4.78, 5) is 16.4. The summed E-state index contributed by atoms with van der Waals surface area (Å²) in [7, 11) is 0. The fraction of sp³-hybridized carbons (Fsp3) is 0.125. The van der Waals surface area contributed by atoms with Crippen molar-refractivity contribution < 1.29 is 14.1 Å². The Hall–Kier alpha value is -3.93. The molecule has 4 aromatic rings. The topological polar surface area (TPSA) is 77.2 Å². The van der Waals surface area contributed by atoms with Crippen molar-refractivity contribution in [3.63, 3.8) is 0 Å². The molecule has 4 rings (SSSR count). The third kappa shape index (κ3) is 4.91. The molecule has 1 N–H and O–H groups in total. The smallest absolute Gasteiger partial charge is 0.258 e. The van der Waals surface area contributed by atoms with E-state index < -0.39 is 0 Å². The lowest BCUT2D eigenvalue weighted by molar-refractivity contribution is -0.123. The van der Waals surface area contributed by atoms with Gasteiger partial charge >= 0.3 is 0 Å².